The predicted molar refractivity (Wildman–Crippen MR) is 66.0 cm³/mol. The molecule has 0 saturated carbocycles. The Balaban J connectivity index is 3.14. The Bertz CT molecular complexity index is 538. The maximum atomic E-state index is 12.0. The van der Waals surface area contributed by atoms with Gasteiger partial charge in [-0.05, 0) is 18.6 Å². The molecule has 0 saturated heterocycles. The molecule has 1 atom stereocenters. The van der Waals surface area contributed by atoms with E-state index in [0.29, 0.717) is 5.56 Å². The van der Waals surface area contributed by atoms with E-state index in [4.69, 9.17) is 11.5 Å². The highest BCUT2D eigenvalue weighted by Gasteiger charge is 2.23. The molecule has 1 aromatic carbocycles. The first-order valence-corrected chi connectivity index (χ1v) is 6.78. The summed E-state index contributed by atoms with van der Waals surface area (Å²) in [6, 6.07) is 4.78. The lowest BCUT2D eigenvalue weighted by Gasteiger charge is -2.11. The largest absolute Gasteiger partial charge is 0.397 e. The second-order valence-corrected chi connectivity index (χ2v) is 6.07. The highest BCUT2D eigenvalue weighted by atomic mass is 32.2. The average Bonchev–Trinajstić information content (AvgIpc) is 2.21. The van der Waals surface area contributed by atoms with Crippen LogP contribution in [0.25, 0.3) is 0 Å². The van der Waals surface area contributed by atoms with Gasteiger partial charge in [0, 0.05) is 5.92 Å². The number of sulfone groups is 1. The van der Waals surface area contributed by atoms with Gasteiger partial charge in [0.1, 0.15) is 0 Å². The molecule has 0 radical (unpaired) electrons. The Morgan fingerprint density at radius 1 is 1.41 bits per heavy atom. The number of carbonyl (C=O) groups excluding carboxylic acids is 1. The lowest BCUT2D eigenvalue weighted by Crippen LogP contribution is -2.27. The van der Waals surface area contributed by atoms with Crippen LogP contribution in [0.15, 0.2) is 23.1 Å². The van der Waals surface area contributed by atoms with Crippen molar-refractivity contribution in [3.63, 3.8) is 0 Å². The summed E-state index contributed by atoms with van der Waals surface area (Å²) in [5.74, 6) is -1.70. The maximum Gasteiger partial charge on any atom is 0.221 e. The van der Waals surface area contributed by atoms with Crippen LogP contribution < -0.4 is 11.5 Å². The molecule has 0 aromatic heterocycles. The summed E-state index contributed by atoms with van der Waals surface area (Å²) >= 11 is 0. The van der Waals surface area contributed by atoms with Gasteiger partial charge in [-0.15, -0.1) is 0 Å². The summed E-state index contributed by atoms with van der Waals surface area (Å²) in [6.07, 6.45) is 0. The number of hydrogen-bond donors (Lipinski definition) is 2. The molecule has 0 aliphatic carbocycles. The van der Waals surface area contributed by atoms with Crippen LogP contribution in [0.1, 0.15) is 12.5 Å². The van der Waals surface area contributed by atoms with Crippen LogP contribution in [0.2, 0.25) is 0 Å². The molecule has 0 aliphatic heterocycles. The van der Waals surface area contributed by atoms with E-state index in [1.807, 2.05) is 0 Å². The standard InChI is InChI=1S/C11H16N2O3S/c1-7-4-3-5-9(10(7)12)17(15,16)6-8(2)11(13)14/h3-5,8H,6,12H2,1-2H3,(H2,13,14). The molecule has 0 fully saturated rings. The van der Waals surface area contributed by atoms with Crippen LogP contribution in [-0.4, -0.2) is 20.1 Å². The lowest BCUT2D eigenvalue weighted by molar-refractivity contribution is -0.120. The number of aryl methyl sites for hydroxylation is 1. The molecule has 17 heavy (non-hydrogen) atoms. The number of amides is 1. The molecule has 0 spiro atoms. The van der Waals surface area contributed by atoms with E-state index in [1.165, 1.54) is 13.0 Å². The van der Waals surface area contributed by atoms with Gasteiger partial charge in [0.25, 0.3) is 0 Å². The van der Waals surface area contributed by atoms with Crippen molar-refractivity contribution in [3.05, 3.63) is 23.8 Å². The van der Waals surface area contributed by atoms with Crippen molar-refractivity contribution in [1.29, 1.82) is 0 Å². The van der Waals surface area contributed by atoms with Gasteiger partial charge in [-0.2, -0.15) is 0 Å². The second kappa shape index (κ2) is 4.75. The van der Waals surface area contributed by atoms with Gasteiger partial charge in [-0.25, -0.2) is 8.42 Å². The van der Waals surface area contributed by atoms with Crippen LogP contribution in [0.4, 0.5) is 5.69 Å². The van der Waals surface area contributed by atoms with Crippen molar-refractivity contribution in [3.8, 4) is 0 Å². The van der Waals surface area contributed by atoms with Crippen molar-refractivity contribution < 1.29 is 13.2 Å². The van der Waals surface area contributed by atoms with Crippen molar-refractivity contribution in [2.45, 2.75) is 18.7 Å². The Hall–Kier alpha value is -1.56. The molecule has 1 aromatic rings. The van der Waals surface area contributed by atoms with Gasteiger partial charge in [-0.1, -0.05) is 19.1 Å². The fourth-order valence-corrected chi connectivity index (χ4v) is 3.21. The van der Waals surface area contributed by atoms with Crippen molar-refractivity contribution in [2.24, 2.45) is 11.7 Å². The number of hydrogen-bond acceptors (Lipinski definition) is 4. The van der Waals surface area contributed by atoms with Crippen LogP contribution in [0, 0.1) is 12.8 Å². The molecule has 1 rings (SSSR count). The van der Waals surface area contributed by atoms with Gasteiger partial charge >= 0.3 is 0 Å². The lowest BCUT2D eigenvalue weighted by atomic mass is 10.2. The topological polar surface area (TPSA) is 103 Å². The first kappa shape index (κ1) is 13.5. The molecule has 6 heteroatoms. The van der Waals surface area contributed by atoms with E-state index >= 15 is 0 Å². The molecular weight excluding hydrogens is 240 g/mol. The van der Waals surface area contributed by atoms with Gasteiger partial charge in [0.05, 0.1) is 16.3 Å². The number of nitrogens with two attached hydrogens (primary N) is 2. The smallest absolute Gasteiger partial charge is 0.221 e. The summed E-state index contributed by atoms with van der Waals surface area (Å²) < 4.78 is 24.1. The second-order valence-electron chi connectivity index (χ2n) is 4.07. The first-order chi connectivity index (χ1) is 7.75. The summed E-state index contributed by atoms with van der Waals surface area (Å²) in [4.78, 5) is 10.9. The zero-order valence-electron chi connectivity index (χ0n) is 9.80. The van der Waals surface area contributed by atoms with E-state index in [9.17, 15) is 13.2 Å². The summed E-state index contributed by atoms with van der Waals surface area (Å²) in [7, 11) is -3.58. The van der Waals surface area contributed by atoms with Gasteiger partial charge in [0.15, 0.2) is 9.84 Å². The number of anilines is 1. The third-order valence-corrected chi connectivity index (χ3v) is 4.54. The van der Waals surface area contributed by atoms with Crippen LogP contribution in [-0.2, 0) is 14.6 Å². The van der Waals surface area contributed by atoms with Crippen LogP contribution in [0.3, 0.4) is 0 Å². The Kier molecular flexibility index (Phi) is 3.77. The minimum atomic E-state index is -3.58. The molecule has 4 N–H and O–H groups in total. The molecule has 1 unspecified atom stereocenters. The third kappa shape index (κ3) is 2.97. The summed E-state index contributed by atoms with van der Waals surface area (Å²) in [5, 5.41) is 0. The predicted octanol–water partition coefficient (Wildman–Crippen LogP) is 0.472. The molecule has 0 aliphatic rings. The van der Waals surface area contributed by atoms with E-state index in [1.54, 1.807) is 19.1 Å². The third-order valence-electron chi connectivity index (χ3n) is 2.57. The Labute approximate surface area is 101 Å². The van der Waals surface area contributed by atoms with E-state index in [0.717, 1.165) is 0 Å². The molecular formula is C11H16N2O3S. The highest BCUT2D eigenvalue weighted by Crippen LogP contribution is 2.23. The zero-order chi connectivity index (χ0) is 13.2. The fraction of sp³-hybridized carbons (Fsp3) is 0.364. The number of nitrogen functional groups attached to an aromatic ring is 1. The number of carbonyl (C=O) groups is 1. The minimum Gasteiger partial charge on any atom is -0.397 e. The number of rotatable bonds is 4. The van der Waals surface area contributed by atoms with Gasteiger partial charge in [0.2, 0.25) is 5.91 Å². The normalized spacial score (nSPS) is 13.3. The number of primary amides is 1. The number of para-hydroxylation sites is 1. The average molecular weight is 256 g/mol. The minimum absolute atomic E-state index is 0.0607. The van der Waals surface area contributed by atoms with Crippen molar-refractivity contribution in [1.82, 2.24) is 0 Å². The van der Waals surface area contributed by atoms with Crippen molar-refractivity contribution >= 4 is 21.4 Å². The molecule has 0 heterocycles. The molecule has 5 nitrogen and oxygen atoms in total. The Morgan fingerprint density at radius 3 is 2.53 bits per heavy atom. The van der Waals surface area contributed by atoms with Crippen LogP contribution >= 0.6 is 0 Å². The number of benzene rings is 1. The van der Waals surface area contributed by atoms with Crippen LogP contribution in [0.5, 0.6) is 0 Å². The monoisotopic (exact) mass is 256 g/mol. The zero-order valence-corrected chi connectivity index (χ0v) is 10.6. The van der Waals surface area contributed by atoms with E-state index in [-0.39, 0.29) is 16.3 Å². The fourth-order valence-electron chi connectivity index (χ4n) is 1.43. The van der Waals surface area contributed by atoms with Gasteiger partial charge in [-0.3, -0.25) is 4.79 Å². The molecule has 1 amide bonds. The first-order valence-electron chi connectivity index (χ1n) is 5.13. The SMILES string of the molecule is Cc1cccc(S(=O)(=O)CC(C)C(N)=O)c1N. The Morgan fingerprint density at radius 2 is 2.00 bits per heavy atom. The van der Waals surface area contributed by atoms with E-state index in [2.05, 4.69) is 0 Å². The highest BCUT2D eigenvalue weighted by molar-refractivity contribution is 7.91. The summed E-state index contributed by atoms with van der Waals surface area (Å²) in [6.45, 7) is 3.21. The van der Waals surface area contributed by atoms with Crippen molar-refractivity contribution in [2.75, 3.05) is 11.5 Å². The molecule has 94 valence electrons. The maximum absolute atomic E-state index is 12.0. The van der Waals surface area contributed by atoms with Gasteiger partial charge < -0.3 is 11.5 Å². The quantitative estimate of drug-likeness (QED) is 0.764. The molecule has 0 bridgehead atoms. The summed E-state index contributed by atoms with van der Waals surface area (Å²) in [5.41, 5.74) is 11.7. The van der Waals surface area contributed by atoms with E-state index < -0.39 is 21.7 Å².